The Balaban J connectivity index is 2.27. The fourth-order valence-corrected chi connectivity index (χ4v) is 2.77. The number of nitrogens with zero attached hydrogens (tertiary/aromatic N) is 1. The summed E-state index contributed by atoms with van der Waals surface area (Å²) in [6.07, 6.45) is 0. The zero-order valence-corrected chi connectivity index (χ0v) is 10.8. The van der Waals surface area contributed by atoms with Crippen LogP contribution in [-0.2, 0) is 0 Å². The van der Waals surface area contributed by atoms with Crippen LogP contribution in [0.5, 0.6) is 0 Å². The highest BCUT2D eigenvalue weighted by atomic mass is 32.1. The fraction of sp³-hybridized carbons (Fsp3) is 0. The van der Waals surface area contributed by atoms with Gasteiger partial charge in [-0.3, -0.25) is 5.10 Å². The van der Waals surface area contributed by atoms with E-state index in [1.807, 2.05) is 5.38 Å². The number of hydrogen-bond donors (Lipinski definition) is 2. The minimum absolute atomic E-state index is 0.0972. The van der Waals surface area contributed by atoms with E-state index in [0.717, 1.165) is 4.88 Å². The molecule has 0 aliphatic carbocycles. The molecule has 3 nitrogen and oxygen atoms in total. The quantitative estimate of drug-likeness (QED) is 0.755. The molecule has 0 aliphatic rings. The van der Waals surface area contributed by atoms with Gasteiger partial charge >= 0.3 is 0 Å². The maximum Gasteiger partial charge on any atom is 0.154 e. The average Bonchev–Trinajstić information content (AvgIpc) is 2.97. The van der Waals surface area contributed by atoms with Crippen molar-refractivity contribution in [2.24, 2.45) is 0 Å². The summed E-state index contributed by atoms with van der Waals surface area (Å²) in [5, 5.41) is 8.10. The highest BCUT2D eigenvalue weighted by molar-refractivity contribution is 7.13. The van der Waals surface area contributed by atoms with Gasteiger partial charge in [0.05, 0.1) is 16.8 Å². The molecule has 0 saturated carbocycles. The van der Waals surface area contributed by atoms with Crippen molar-refractivity contribution in [1.29, 1.82) is 0 Å². The lowest BCUT2D eigenvalue weighted by Crippen LogP contribution is -1.94. The third-order valence-electron chi connectivity index (χ3n) is 2.82. The molecule has 1 aromatic carbocycles. The van der Waals surface area contributed by atoms with Gasteiger partial charge in [0.1, 0.15) is 17.5 Å². The lowest BCUT2D eigenvalue weighted by Gasteiger charge is -2.05. The van der Waals surface area contributed by atoms with Crippen LogP contribution in [-0.4, -0.2) is 10.2 Å². The van der Waals surface area contributed by atoms with Crippen LogP contribution in [0, 0.1) is 17.5 Å². The van der Waals surface area contributed by atoms with Crippen molar-refractivity contribution < 1.29 is 13.2 Å². The predicted octanol–water partition coefficient (Wildman–Crippen LogP) is 3.80. The second-order valence-electron chi connectivity index (χ2n) is 4.08. The van der Waals surface area contributed by atoms with Crippen molar-refractivity contribution in [1.82, 2.24) is 10.2 Å². The van der Waals surface area contributed by atoms with Crippen LogP contribution in [0.15, 0.2) is 29.6 Å². The summed E-state index contributed by atoms with van der Waals surface area (Å²) in [5.41, 5.74) is 5.87. The molecule has 0 fully saturated rings. The Labute approximate surface area is 115 Å². The summed E-state index contributed by atoms with van der Waals surface area (Å²) in [5.74, 6) is -2.87. The van der Waals surface area contributed by atoms with Crippen molar-refractivity contribution in [3.05, 3.63) is 47.1 Å². The summed E-state index contributed by atoms with van der Waals surface area (Å²) in [6.45, 7) is 0. The molecule has 20 heavy (non-hydrogen) atoms. The number of rotatable bonds is 2. The molecule has 3 rings (SSSR count). The number of thiophene rings is 1. The van der Waals surface area contributed by atoms with E-state index in [0.29, 0.717) is 17.7 Å². The number of nitrogens with two attached hydrogens (primary N) is 1. The molecule has 3 aromatic rings. The lowest BCUT2D eigenvalue weighted by molar-refractivity contribution is 0.547. The molecule has 0 radical (unpaired) electrons. The van der Waals surface area contributed by atoms with Gasteiger partial charge in [0.2, 0.25) is 0 Å². The third-order valence-corrected chi connectivity index (χ3v) is 3.71. The number of aromatic nitrogens is 2. The second kappa shape index (κ2) is 4.68. The first-order valence-electron chi connectivity index (χ1n) is 5.60. The summed E-state index contributed by atoms with van der Waals surface area (Å²) in [6, 6.07) is 4.78. The first kappa shape index (κ1) is 12.7. The van der Waals surface area contributed by atoms with Crippen molar-refractivity contribution in [3.8, 4) is 21.7 Å². The minimum atomic E-state index is -1.01. The van der Waals surface area contributed by atoms with E-state index in [-0.39, 0.29) is 17.1 Å². The molecule has 0 saturated heterocycles. The Hall–Kier alpha value is -2.28. The van der Waals surface area contributed by atoms with Gasteiger partial charge in [0, 0.05) is 17.0 Å². The number of aromatic amines is 1. The molecular formula is C13H8F3N3S. The molecule has 102 valence electrons. The smallest absolute Gasteiger partial charge is 0.154 e. The van der Waals surface area contributed by atoms with Crippen LogP contribution in [0.3, 0.4) is 0 Å². The molecule has 2 aromatic heterocycles. The number of nitrogen functional groups attached to an aromatic ring is 1. The van der Waals surface area contributed by atoms with Gasteiger partial charge in [-0.2, -0.15) is 5.10 Å². The van der Waals surface area contributed by atoms with Gasteiger partial charge in [-0.15, -0.1) is 11.3 Å². The van der Waals surface area contributed by atoms with Crippen LogP contribution < -0.4 is 5.73 Å². The first-order chi connectivity index (χ1) is 9.58. The van der Waals surface area contributed by atoms with Crippen molar-refractivity contribution in [3.63, 3.8) is 0 Å². The molecule has 0 aliphatic heterocycles. The van der Waals surface area contributed by atoms with Crippen molar-refractivity contribution in [2.45, 2.75) is 0 Å². The van der Waals surface area contributed by atoms with Crippen LogP contribution in [0.2, 0.25) is 0 Å². The Morgan fingerprint density at radius 2 is 1.80 bits per heavy atom. The molecule has 0 spiro atoms. The highest BCUT2D eigenvalue weighted by Gasteiger charge is 2.22. The predicted molar refractivity (Wildman–Crippen MR) is 71.6 cm³/mol. The first-order valence-corrected chi connectivity index (χ1v) is 6.48. The van der Waals surface area contributed by atoms with Gasteiger partial charge in [0.25, 0.3) is 0 Å². The summed E-state index contributed by atoms with van der Waals surface area (Å²) < 4.78 is 40.7. The van der Waals surface area contributed by atoms with Crippen LogP contribution >= 0.6 is 11.3 Å². The SMILES string of the molecule is Nc1n[nH]c(-c2c(F)cc(F)cc2F)c1-c1cccs1. The number of hydrogen-bond acceptors (Lipinski definition) is 3. The van der Waals surface area contributed by atoms with Gasteiger partial charge in [-0.25, -0.2) is 13.2 Å². The molecule has 0 bridgehead atoms. The molecule has 0 atom stereocenters. The van der Waals surface area contributed by atoms with Crippen molar-refractivity contribution in [2.75, 3.05) is 5.73 Å². The zero-order valence-electron chi connectivity index (χ0n) is 9.95. The van der Waals surface area contributed by atoms with E-state index >= 15 is 0 Å². The summed E-state index contributed by atoms with van der Waals surface area (Å²) >= 11 is 1.36. The monoisotopic (exact) mass is 295 g/mol. The number of halogens is 3. The Morgan fingerprint density at radius 1 is 1.10 bits per heavy atom. The van der Waals surface area contributed by atoms with Crippen LogP contribution in [0.4, 0.5) is 19.0 Å². The van der Waals surface area contributed by atoms with Gasteiger partial charge in [-0.05, 0) is 11.4 Å². The Morgan fingerprint density at radius 3 is 2.40 bits per heavy atom. The van der Waals surface area contributed by atoms with Gasteiger partial charge < -0.3 is 5.73 Å². The molecular weight excluding hydrogens is 287 g/mol. The lowest BCUT2D eigenvalue weighted by atomic mass is 10.0. The van der Waals surface area contributed by atoms with Gasteiger partial charge in [-0.1, -0.05) is 6.07 Å². The zero-order chi connectivity index (χ0) is 14.3. The topological polar surface area (TPSA) is 54.7 Å². The van der Waals surface area contributed by atoms with Crippen molar-refractivity contribution >= 4 is 17.2 Å². The largest absolute Gasteiger partial charge is 0.382 e. The molecule has 3 N–H and O–H groups in total. The minimum Gasteiger partial charge on any atom is -0.382 e. The maximum atomic E-state index is 13.9. The normalized spacial score (nSPS) is 10.9. The molecule has 0 amide bonds. The van der Waals surface area contributed by atoms with E-state index in [1.54, 1.807) is 12.1 Å². The van der Waals surface area contributed by atoms with E-state index in [1.165, 1.54) is 11.3 Å². The number of anilines is 1. The standard InChI is InChI=1S/C13H8F3N3S/c14-6-4-7(15)10(8(16)5-6)12-11(13(17)19-18-12)9-2-1-3-20-9/h1-5H,(H3,17,18,19). The number of nitrogens with one attached hydrogen (secondary N) is 1. The van der Waals surface area contributed by atoms with E-state index in [9.17, 15) is 13.2 Å². The van der Waals surface area contributed by atoms with Gasteiger partial charge in [0.15, 0.2) is 5.82 Å². The van der Waals surface area contributed by atoms with E-state index in [4.69, 9.17) is 5.73 Å². The van der Waals surface area contributed by atoms with Crippen LogP contribution in [0.1, 0.15) is 0 Å². The van der Waals surface area contributed by atoms with Crippen LogP contribution in [0.25, 0.3) is 21.7 Å². The number of benzene rings is 1. The Bertz CT molecular complexity index is 742. The van der Waals surface area contributed by atoms with E-state index < -0.39 is 17.5 Å². The Kier molecular flexibility index (Phi) is 2.98. The maximum absolute atomic E-state index is 13.9. The second-order valence-corrected chi connectivity index (χ2v) is 5.03. The number of H-pyrrole nitrogens is 1. The average molecular weight is 295 g/mol. The third kappa shape index (κ3) is 1.96. The summed E-state index contributed by atoms with van der Waals surface area (Å²) in [4.78, 5) is 0.717. The molecule has 0 unspecified atom stereocenters. The molecule has 2 heterocycles. The molecule has 7 heteroatoms. The highest BCUT2D eigenvalue weighted by Crippen LogP contribution is 2.39. The summed E-state index contributed by atoms with van der Waals surface area (Å²) in [7, 11) is 0. The fourth-order valence-electron chi connectivity index (χ4n) is 1.99. The van der Waals surface area contributed by atoms with E-state index in [2.05, 4.69) is 10.2 Å².